The van der Waals surface area contributed by atoms with Crippen LogP contribution >= 0.6 is 10.7 Å². The third kappa shape index (κ3) is 1.92. The zero-order valence-corrected chi connectivity index (χ0v) is 10.1. The Morgan fingerprint density at radius 2 is 1.88 bits per heavy atom. The molecule has 0 radical (unpaired) electrons. The number of hydrogen-bond donors (Lipinski definition) is 0. The second-order valence-corrected chi connectivity index (χ2v) is 6.15. The molecule has 6 heteroatoms. The maximum absolute atomic E-state index is 11.2. The fourth-order valence-corrected chi connectivity index (χ4v) is 3.05. The number of carbonyl (C=O) groups excluding carboxylic acids is 1. The molecule has 0 aliphatic carbocycles. The quantitative estimate of drug-likeness (QED) is 0.601. The molecule has 1 unspecified atom stereocenters. The number of nitrogens with zero attached hydrogens (tertiary/aromatic N) is 1. The average Bonchev–Trinajstić information content (AvgIpc) is 2.13. The molecular weight excluding hydrogens is 250 g/mol. The van der Waals surface area contributed by atoms with Gasteiger partial charge in [-0.05, 0) is 12.5 Å². The first-order valence-electron chi connectivity index (χ1n) is 4.73. The van der Waals surface area contributed by atoms with Crippen molar-refractivity contribution in [2.45, 2.75) is 19.4 Å². The van der Waals surface area contributed by atoms with Crippen LogP contribution in [0.3, 0.4) is 0 Å². The molecule has 0 saturated carbocycles. The zero-order valence-electron chi connectivity index (χ0n) is 8.55. The minimum absolute atomic E-state index is 0.189. The van der Waals surface area contributed by atoms with E-state index >= 15 is 0 Å². The van der Waals surface area contributed by atoms with Gasteiger partial charge in [-0.3, -0.25) is 4.79 Å². The third-order valence-electron chi connectivity index (χ3n) is 2.59. The summed E-state index contributed by atoms with van der Waals surface area (Å²) in [7, 11) is 1.22. The van der Waals surface area contributed by atoms with Crippen molar-refractivity contribution in [2.24, 2.45) is 0 Å². The van der Waals surface area contributed by atoms with Crippen LogP contribution in [-0.2, 0) is 14.0 Å². The SMILES string of the molecule is Cc1ccc(C2CC(=O)N2S(=O)(=O)Cl)cc1. The molecule has 0 bridgehead atoms. The van der Waals surface area contributed by atoms with Gasteiger partial charge in [-0.15, -0.1) is 0 Å². The molecule has 0 spiro atoms. The Morgan fingerprint density at radius 1 is 1.31 bits per heavy atom. The summed E-state index contributed by atoms with van der Waals surface area (Å²) in [5.41, 5.74) is 1.86. The van der Waals surface area contributed by atoms with Gasteiger partial charge in [0.1, 0.15) is 0 Å². The highest BCUT2D eigenvalue weighted by Gasteiger charge is 2.44. The number of carbonyl (C=O) groups is 1. The van der Waals surface area contributed by atoms with Gasteiger partial charge >= 0.3 is 9.24 Å². The van der Waals surface area contributed by atoms with Gasteiger partial charge in [-0.1, -0.05) is 29.8 Å². The van der Waals surface area contributed by atoms with E-state index in [0.717, 1.165) is 15.4 Å². The number of hydrogen-bond acceptors (Lipinski definition) is 3. The maximum atomic E-state index is 11.2. The van der Waals surface area contributed by atoms with Crippen molar-refractivity contribution in [3.05, 3.63) is 35.4 Å². The van der Waals surface area contributed by atoms with Crippen molar-refractivity contribution in [3.63, 3.8) is 0 Å². The van der Waals surface area contributed by atoms with Gasteiger partial charge in [0, 0.05) is 10.7 Å². The van der Waals surface area contributed by atoms with E-state index < -0.39 is 21.2 Å². The Hall–Kier alpha value is -1.07. The van der Waals surface area contributed by atoms with E-state index in [-0.39, 0.29) is 6.42 Å². The Balaban J connectivity index is 2.30. The first kappa shape index (κ1) is 11.4. The number of rotatable bonds is 2. The van der Waals surface area contributed by atoms with Gasteiger partial charge < -0.3 is 0 Å². The summed E-state index contributed by atoms with van der Waals surface area (Å²) in [5, 5.41) is 0. The van der Waals surface area contributed by atoms with Crippen LogP contribution in [0.1, 0.15) is 23.6 Å². The normalized spacial score (nSPS) is 20.8. The molecule has 1 atom stereocenters. The monoisotopic (exact) mass is 259 g/mol. The minimum Gasteiger partial charge on any atom is -0.274 e. The molecule has 1 aromatic carbocycles. The van der Waals surface area contributed by atoms with Gasteiger partial charge in [0.15, 0.2) is 0 Å². The van der Waals surface area contributed by atoms with Crippen molar-refractivity contribution in [1.29, 1.82) is 0 Å². The fourth-order valence-electron chi connectivity index (χ4n) is 1.72. The standard InChI is InChI=1S/C10H10ClNO3S/c1-7-2-4-8(5-3-7)9-6-10(13)12(9)16(11,14)15/h2-5,9H,6H2,1H3. The summed E-state index contributed by atoms with van der Waals surface area (Å²) in [5.74, 6) is -0.458. The second kappa shape index (κ2) is 3.75. The molecular formula is C10H10ClNO3S. The van der Waals surface area contributed by atoms with E-state index in [1.165, 1.54) is 0 Å². The molecule has 1 heterocycles. The molecule has 86 valence electrons. The van der Waals surface area contributed by atoms with Crippen LogP contribution in [-0.4, -0.2) is 18.6 Å². The molecule has 16 heavy (non-hydrogen) atoms. The molecule has 1 saturated heterocycles. The number of amides is 1. The molecule has 1 aromatic rings. The average molecular weight is 260 g/mol. The van der Waals surface area contributed by atoms with Crippen molar-refractivity contribution >= 4 is 25.8 Å². The first-order valence-corrected chi connectivity index (χ1v) is 6.99. The van der Waals surface area contributed by atoms with Gasteiger partial charge in [0.05, 0.1) is 12.5 Å². The lowest BCUT2D eigenvalue weighted by atomic mass is 9.96. The van der Waals surface area contributed by atoms with E-state index in [9.17, 15) is 13.2 Å². The molecule has 1 aliphatic rings. The van der Waals surface area contributed by atoms with Crippen LogP contribution < -0.4 is 0 Å². The smallest absolute Gasteiger partial charge is 0.274 e. The van der Waals surface area contributed by atoms with Crippen LogP contribution in [0, 0.1) is 6.92 Å². The van der Waals surface area contributed by atoms with Crippen molar-refractivity contribution < 1.29 is 13.2 Å². The van der Waals surface area contributed by atoms with Crippen molar-refractivity contribution in [3.8, 4) is 0 Å². The van der Waals surface area contributed by atoms with Gasteiger partial charge in [0.2, 0.25) is 5.91 Å². The highest BCUT2D eigenvalue weighted by atomic mass is 35.7. The lowest BCUT2D eigenvalue weighted by Crippen LogP contribution is -2.47. The highest BCUT2D eigenvalue weighted by molar-refractivity contribution is 8.12. The molecule has 1 aliphatic heterocycles. The van der Waals surface area contributed by atoms with Gasteiger partial charge in [-0.2, -0.15) is 8.42 Å². The molecule has 1 amide bonds. The predicted octanol–water partition coefficient (Wildman–Crippen LogP) is 1.75. The topological polar surface area (TPSA) is 54.5 Å². The van der Waals surface area contributed by atoms with Crippen LogP contribution in [0.15, 0.2) is 24.3 Å². The first-order chi connectivity index (χ1) is 7.39. The van der Waals surface area contributed by atoms with E-state index in [1.54, 1.807) is 0 Å². The van der Waals surface area contributed by atoms with Crippen LogP contribution in [0.25, 0.3) is 0 Å². The maximum Gasteiger partial charge on any atom is 0.324 e. The molecule has 2 rings (SSSR count). The zero-order chi connectivity index (χ0) is 11.9. The molecule has 0 N–H and O–H groups in total. The van der Waals surface area contributed by atoms with E-state index in [1.807, 2.05) is 31.2 Å². The van der Waals surface area contributed by atoms with Crippen LogP contribution in [0.5, 0.6) is 0 Å². The fraction of sp³-hybridized carbons (Fsp3) is 0.300. The third-order valence-corrected chi connectivity index (χ3v) is 3.97. The largest absolute Gasteiger partial charge is 0.324 e. The van der Waals surface area contributed by atoms with E-state index in [4.69, 9.17) is 10.7 Å². The minimum atomic E-state index is -3.97. The Kier molecular flexibility index (Phi) is 2.67. The summed E-state index contributed by atoms with van der Waals surface area (Å²) < 4.78 is 23.0. The summed E-state index contributed by atoms with van der Waals surface area (Å²) in [6.07, 6.45) is 0.189. The van der Waals surface area contributed by atoms with Crippen LogP contribution in [0.4, 0.5) is 0 Å². The Bertz CT molecular complexity index is 524. The van der Waals surface area contributed by atoms with Gasteiger partial charge in [0.25, 0.3) is 0 Å². The van der Waals surface area contributed by atoms with Crippen molar-refractivity contribution in [1.82, 2.24) is 4.31 Å². The van der Waals surface area contributed by atoms with Crippen LogP contribution in [0.2, 0.25) is 0 Å². The Morgan fingerprint density at radius 3 is 2.31 bits per heavy atom. The number of aryl methyl sites for hydroxylation is 1. The van der Waals surface area contributed by atoms with Gasteiger partial charge in [-0.25, -0.2) is 4.31 Å². The van der Waals surface area contributed by atoms with E-state index in [0.29, 0.717) is 0 Å². The molecule has 1 fully saturated rings. The summed E-state index contributed by atoms with van der Waals surface area (Å²) in [4.78, 5) is 11.2. The number of β-lactam (4-membered cyclic amide) rings is 1. The second-order valence-electron chi connectivity index (χ2n) is 3.76. The van der Waals surface area contributed by atoms with E-state index in [2.05, 4.69) is 0 Å². The molecule has 4 nitrogen and oxygen atoms in total. The number of halogens is 1. The summed E-state index contributed by atoms with van der Waals surface area (Å²) in [6.45, 7) is 1.94. The summed E-state index contributed by atoms with van der Waals surface area (Å²) in [6, 6.07) is 6.91. The summed E-state index contributed by atoms with van der Waals surface area (Å²) >= 11 is 0. The lowest BCUT2D eigenvalue weighted by Gasteiger charge is -2.37. The predicted molar refractivity (Wildman–Crippen MR) is 60.2 cm³/mol. The number of benzene rings is 1. The Labute approximate surface area is 98.4 Å². The van der Waals surface area contributed by atoms with Crippen molar-refractivity contribution in [2.75, 3.05) is 0 Å². The lowest BCUT2D eigenvalue weighted by molar-refractivity contribution is -0.137. The molecule has 0 aromatic heterocycles. The highest BCUT2D eigenvalue weighted by Crippen LogP contribution is 2.38.